The summed E-state index contributed by atoms with van der Waals surface area (Å²) < 4.78 is 1.76. The van der Waals surface area contributed by atoms with E-state index in [9.17, 15) is 0 Å². The highest BCUT2D eigenvalue weighted by molar-refractivity contribution is 5.50. The summed E-state index contributed by atoms with van der Waals surface area (Å²) in [5, 5.41) is 7.28. The van der Waals surface area contributed by atoms with Crippen molar-refractivity contribution in [3.8, 4) is 5.82 Å². The summed E-state index contributed by atoms with van der Waals surface area (Å²) >= 11 is 0. The first-order valence-electron chi connectivity index (χ1n) is 5.31. The molecule has 0 aliphatic carbocycles. The van der Waals surface area contributed by atoms with Crippen molar-refractivity contribution < 1.29 is 0 Å². The standard InChI is InChI=1S/C11H15N5/c1-4-9-14-10(12-3)8(2)11(15-9)16-7-5-6-13-16/h5-7H,4H2,1-3H3,(H,12,14,15). The molecule has 2 rings (SSSR count). The molecule has 2 aromatic heterocycles. The van der Waals surface area contributed by atoms with E-state index in [1.807, 2.05) is 33.2 Å². The molecule has 0 aliphatic rings. The molecule has 0 bridgehead atoms. The van der Waals surface area contributed by atoms with Crippen LogP contribution in [-0.2, 0) is 6.42 Å². The van der Waals surface area contributed by atoms with E-state index in [1.54, 1.807) is 10.9 Å². The number of nitrogens with zero attached hydrogens (tertiary/aromatic N) is 4. The minimum Gasteiger partial charge on any atom is -0.373 e. The van der Waals surface area contributed by atoms with Gasteiger partial charge < -0.3 is 5.32 Å². The normalized spacial score (nSPS) is 10.4. The fourth-order valence-electron chi connectivity index (χ4n) is 1.57. The van der Waals surface area contributed by atoms with Crippen molar-refractivity contribution >= 4 is 5.82 Å². The van der Waals surface area contributed by atoms with Gasteiger partial charge in [-0.05, 0) is 13.0 Å². The molecule has 2 aromatic rings. The minimum absolute atomic E-state index is 0.809. The maximum atomic E-state index is 4.49. The number of nitrogens with one attached hydrogen (secondary N) is 1. The summed E-state index contributed by atoms with van der Waals surface area (Å²) in [6, 6.07) is 1.88. The van der Waals surface area contributed by atoms with Crippen LogP contribution in [0.15, 0.2) is 18.5 Å². The van der Waals surface area contributed by atoms with Crippen LogP contribution >= 0.6 is 0 Å². The summed E-state index contributed by atoms with van der Waals surface area (Å²) in [4.78, 5) is 8.91. The van der Waals surface area contributed by atoms with Crippen LogP contribution in [-0.4, -0.2) is 26.8 Å². The molecule has 16 heavy (non-hydrogen) atoms. The number of anilines is 1. The van der Waals surface area contributed by atoms with Gasteiger partial charge in [-0.2, -0.15) is 5.10 Å². The van der Waals surface area contributed by atoms with Crippen LogP contribution in [0.5, 0.6) is 0 Å². The molecule has 0 radical (unpaired) electrons. The summed E-state index contributed by atoms with van der Waals surface area (Å²) in [6.07, 6.45) is 4.43. The molecule has 84 valence electrons. The van der Waals surface area contributed by atoms with Gasteiger partial charge >= 0.3 is 0 Å². The lowest BCUT2D eigenvalue weighted by Gasteiger charge is -2.11. The molecule has 0 aliphatic heterocycles. The summed E-state index contributed by atoms with van der Waals surface area (Å²) in [6.45, 7) is 4.03. The Morgan fingerprint density at radius 1 is 1.38 bits per heavy atom. The van der Waals surface area contributed by atoms with Crippen molar-refractivity contribution in [3.63, 3.8) is 0 Å². The lowest BCUT2D eigenvalue weighted by atomic mass is 10.3. The van der Waals surface area contributed by atoms with Crippen molar-refractivity contribution in [1.82, 2.24) is 19.7 Å². The maximum absolute atomic E-state index is 4.49. The summed E-state index contributed by atoms with van der Waals surface area (Å²) in [5.74, 6) is 2.51. The van der Waals surface area contributed by atoms with Crippen LogP contribution in [0.4, 0.5) is 5.82 Å². The van der Waals surface area contributed by atoms with Crippen LogP contribution < -0.4 is 5.32 Å². The van der Waals surface area contributed by atoms with E-state index in [0.29, 0.717) is 0 Å². The molecule has 5 heteroatoms. The van der Waals surface area contributed by atoms with Crippen molar-refractivity contribution in [3.05, 3.63) is 29.8 Å². The molecule has 0 saturated heterocycles. The molecule has 2 heterocycles. The highest BCUT2D eigenvalue weighted by atomic mass is 15.3. The first kappa shape index (κ1) is 10.6. The molecular weight excluding hydrogens is 202 g/mol. The first-order chi connectivity index (χ1) is 7.76. The van der Waals surface area contributed by atoms with Gasteiger partial charge in [0.1, 0.15) is 11.6 Å². The summed E-state index contributed by atoms with van der Waals surface area (Å²) in [5.41, 5.74) is 1.00. The zero-order valence-corrected chi connectivity index (χ0v) is 9.73. The van der Waals surface area contributed by atoms with Gasteiger partial charge in [-0.1, -0.05) is 6.92 Å². The molecular formula is C11H15N5. The van der Waals surface area contributed by atoms with Gasteiger partial charge in [-0.15, -0.1) is 0 Å². The third-order valence-corrected chi connectivity index (χ3v) is 2.44. The van der Waals surface area contributed by atoms with Crippen molar-refractivity contribution in [1.29, 1.82) is 0 Å². The Hall–Kier alpha value is -1.91. The third-order valence-electron chi connectivity index (χ3n) is 2.44. The van der Waals surface area contributed by atoms with E-state index in [-0.39, 0.29) is 0 Å². The second-order valence-electron chi connectivity index (χ2n) is 3.49. The quantitative estimate of drug-likeness (QED) is 0.848. The van der Waals surface area contributed by atoms with E-state index in [4.69, 9.17) is 0 Å². The predicted molar refractivity (Wildman–Crippen MR) is 62.8 cm³/mol. The highest BCUT2D eigenvalue weighted by Crippen LogP contribution is 2.18. The fraction of sp³-hybridized carbons (Fsp3) is 0.364. The van der Waals surface area contributed by atoms with Gasteiger partial charge in [0, 0.05) is 31.4 Å². The minimum atomic E-state index is 0.809. The van der Waals surface area contributed by atoms with Crippen LogP contribution in [0.25, 0.3) is 5.82 Å². The smallest absolute Gasteiger partial charge is 0.162 e. The van der Waals surface area contributed by atoms with Crippen LogP contribution in [0, 0.1) is 6.92 Å². The first-order valence-corrected chi connectivity index (χ1v) is 5.31. The molecule has 0 fully saturated rings. The zero-order valence-electron chi connectivity index (χ0n) is 9.73. The topological polar surface area (TPSA) is 55.6 Å². The Balaban J connectivity index is 2.59. The fourth-order valence-corrected chi connectivity index (χ4v) is 1.57. The molecule has 0 amide bonds. The van der Waals surface area contributed by atoms with E-state index < -0.39 is 0 Å². The van der Waals surface area contributed by atoms with Crippen LogP contribution in [0.1, 0.15) is 18.3 Å². The van der Waals surface area contributed by atoms with Gasteiger partial charge in [0.15, 0.2) is 5.82 Å². The van der Waals surface area contributed by atoms with Crippen LogP contribution in [0.3, 0.4) is 0 Å². The van der Waals surface area contributed by atoms with E-state index >= 15 is 0 Å². The Kier molecular flexibility index (Phi) is 2.85. The van der Waals surface area contributed by atoms with Crippen LogP contribution in [0.2, 0.25) is 0 Å². The zero-order chi connectivity index (χ0) is 11.5. The molecule has 0 aromatic carbocycles. The van der Waals surface area contributed by atoms with Crippen molar-refractivity contribution in [2.24, 2.45) is 0 Å². The third kappa shape index (κ3) is 1.76. The second kappa shape index (κ2) is 4.30. The summed E-state index contributed by atoms with van der Waals surface area (Å²) in [7, 11) is 1.86. The van der Waals surface area contributed by atoms with E-state index in [2.05, 4.69) is 20.4 Å². The molecule has 0 atom stereocenters. The number of aryl methyl sites for hydroxylation is 1. The molecule has 5 nitrogen and oxygen atoms in total. The van der Waals surface area contributed by atoms with Gasteiger partial charge in [0.05, 0.1) is 0 Å². The Bertz CT molecular complexity index is 475. The average Bonchev–Trinajstić information content (AvgIpc) is 2.83. The Morgan fingerprint density at radius 3 is 2.75 bits per heavy atom. The number of hydrogen-bond donors (Lipinski definition) is 1. The predicted octanol–water partition coefficient (Wildman–Crippen LogP) is 1.57. The number of rotatable bonds is 3. The van der Waals surface area contributed by atoms with Crippen molar-refractivity contribution in [2.45, 2.75) is 20.3 Å². The molecule has 0 unspecified atom stereocenters. The Labute approximate surface area is 94.5 Å². The highest BCUT2D eigenvalue weighted by Gasteiger charge is 2.10. The van der Waals surface area contributed by atoms with Gasteiger partial charge in [-0.3, -0.25) is 0 Å². The maximum Gasteiger partial charge on any atom is 0.162 e. The number of hydrogen-bond acceptors (Lipinski definition) is 4. The monoisotopic (exact) mass is 217 g/mol. The van der Waals surface area contributed by atoms with Gasteiger partial charge in [0.2, 0.25) is 0 Å². The lowest BCUT2D eigenvalue weighted by molar-refractivity contribution is 0.804. The van der Waals surface area contributed by atoms with E-state index in [1.165, 1.54) is 0 Å². The lowest BCUT2D eigenvalue weighted by Crippen LogP contribution is -2.09. The Morgan fingerprint density at radius 2 is 2.19 bits per heavy atom. The molecule has 0 spiro atoms. The SMILES string of the molecule is CCc1nc(NC)c(C)c(-n2cccn2)n1. The van der Waals surface area contributed by atoms with E-state index in [0.717, 1.165) is 29.4 Å². The van der Waals surface area contributed by atoms with Gasteiger partial charge in [-0.25, -0.2) is 14.6 Å². The number of aromatic nitrogens is 4. The largest absolute Gasteiger partial charge is 0.373 e. The van der Waals surface area contributed by atoms with Gasteiger partial charge in [0.25, 0.3) is 0 Å². The molecule has 0 saturated carbocycles. The van der Waals surface area contributed by atoms with Crippen molar-refractivity contribution in [2.75, 3.05) is 12.4 Å². The molecule has 1 N–H and O–H groups in total. The average molecular weight is 217 g/mol. The second-order valence-corrected chi connectivity index (χ2v) is 3.49.